The summed E-state index contributed by atoms with van der Waals surface area (Å²) in [4.78, 5) is 20.9. The topological polar surface area (TPSA) is 57.8 Å². The number of aryl methyl sites for hydroxylation is 1. The molecule has 5 aromatic rings. The van der Waals surface area contributed by atoms with Crippen molar-refractivity contribution in [3.05, 3.63) is 94.5 Å². The molecule has 1 amide bonds. The molecule has 0 aliphatic heterocycles. The Kier molecular flexibility index (Phi) is 6.03. The third-order valence-corrected chi connectivity index (χ3v) is 6.44. The molecule has 3 aromatic carbocycles. The van der Waals surface area contributed by atoms with E-state index < -0.39 is 0 Å². The fraction of sp³-hybridized carbons (Fsp3) is 0.111. The van der Waals surface area contributed by atoms with Crippen LogP contribution in [0.1, 0.15) is 18.4 Å². The minimum Gasteiger partial charge on any atom is -0.353 e. The monoisotopic (exact) mass is 473 g/mol. The number of anilines is 1. The molecular weight excluding hydrogens is 453 g/mol. The number of benzene rings is 3. The first kappa shape index (κ1) is 21.5. The van der Waals surface area contributed by atoms with Crippen molar-refractivity contribution in [2.45, 2.75) is 19.3 Å². The molecule has 0 fully saturated rings. The lowest BCUT2D eigenvalue weighted by molar-refractivity contribution is -0.116. The number of carbonyl (C=O) groups is 1. The van der Waals surface area contributed by atoms with Crippen LogP contribution in [0.15, 0.2) is 78.9 Å². The van der Waals surface area contributed by atoms with Gasteiger partial charge in [-0.1, -0.05) is 65.7 Å². The van der Waals surface area contributed by atoms with Gasteiger partial charge in [0.05, 0.1) is 26.9 Å². The number of hydrogen-bond donors (Lipinski definition) is 2. The van der Waals surface area contributed by atoms with Gasteiger partial charge in [-0.15, -0.1) is 0 Å². The molecule has 5 rings (SSSR count). The lowest BCUT2D eigenvalue weighted by atomic mass is 10.0. The first-order valence-electron chi connectivity index (χ1n) is 10.8. The molecule has 33 heavy (non-hydrogen) atoms. The maximum absolute atomic E-state index is 12.5. The molecule has 2 heterocycles. The van der Waals surface area contributed by atoms with Crippen LogP contribution in [0, 0.1) is 0 Å². The summed E-state index contributed by atoms with van der Waals surface area (Å²) in [6.45, 7) is 0. The minimum absolute atomic E-state index is 0.0568. The van der Waals surface area contributed by atoms with Crippen molar-refractivity contribution < 1.29 is 4.79 Å². The maximum Gasteiger partial charge on any atom is 0.224 e. The number of nitrogens with zero attached hydrogens (tertiary/aromatic N) is 1. The Balaban J connectivity index is 1.37. The lowest BCUT2D eigenvalue weighted by Crippen LogP contribution is -2.11. The van der Waals surface area contributed by atoms with E-state index in [9.17, 15) is 4.79 Å². The van der Waals surface area contributed by atoms with Crippen LogP contribution >= 0.6 is 23.2 Å². The molecule has 0 bridgehead atoms. The van der Waals surface area contributed by atoms with Gasteiger partial charge in [-0.2, -0.15) is 0 Å². The van der Waals surface area contributed by atoms with E-state index in [1.165, 1.54) is 5.56 Å². The summed E-state index contributed by atoms with van der Waals surface area (Å²) in [5.74, 6) is -0.0568. The molecule has 6 heteroatoms. The summed E-state index contributed by atoms with van der Waals surface area (Å²) >= 11 is 12.0. The average Bonchev–Trinajstić information content (AvgIpc) is 3.20. The average molecular weight is 474 g/mol. The Labute approximate surface area is 201 Å². The Hall–Kier alpha value is -3.34. The van der Waals surface area contributed by atoms with Gasteiger partial charge < -0.3 is 10.3 Å². The SMILES string of the molecule is O=C(CCCc1c(-c2ccc3ccccc3n2)[nH]c2ccccc12)Nc1ccc(Cl)c(Cl)c1. The Morgan fingerprint density at radius 2 is 1.73 bits per heavy atom. The fourth-order valence-electron chi connectivity index (χ4n) is 4.11. The van der Waals surface area contributed by atoms with Crippen LogP contribution in [-0.2, 0) is 11.2 Å². The van der Waals surface area contributed by atoms with Gasteiger partial charge in [-0.25, -0.2) is 4.98 Å². The van der Waals surface area contributed by atoms with Crippen molar-refractivity contribution in [1.29, 1.82) is 0 Å². The number of fused-ring (bicyclic) bond motifs is 2. The van der Waals surface area contributed by atoms with Gasteiger partial charge >= 0.3 is 0 Å². The van der Waals surface area contributed by atoms with Gasteiger partial charge in [0.2, 0.25) is 5.91 Å². The van der Waals surface area contributed by atoms with E-state index in [0.717, 1.165) is 39.6 Å². The number of carbonyl (C=O) groups excluding carboxylic acids is 1. The number of nitrogens with one attached hydrogen (secondary N) is 2. The largest absolute Gasteiger partial charge is 0.353 e. The summed E-state index contributed by atoms with van der Waals surface area (Å²) in [6, 6.07) is 25.6. The zero-order valence-electron chi connectivity index (χ0n) is 17.7. The van der Waals surface area contributed by atoms with E-state index in [1.807, 2.05) is 36.4 Å². The molecule has 164 valence electrons. The summed E-state index contributed by atoms with van der Waals surface area (Å²) in [6.07, 6.45) is 1.85. The molecular formula is C27H21Cl2N3O. The predicted octanol–water partition coefficient (Wildman–Crippen LogP) is 7.65. The summed E-state index contributed by atoms with van der Waals surface area (Å²) in [5.41, 5.74) is 5.75. The third kappa shape index (κ3) is 4.58. The van der Waals surface area contributed by atoms with E-state index in [-0.39, 0.29) is 5.91 Å². The van der Waals surface area contributed by atoms with Crippen LogP contribution in [0.25, 0.3) is 33.2 Å². The number of para-hydroxylation sites is 2. The summed E-state index contributed by atoms with van der Waals surface area (Å²) < 4.78 is 0. The van der Waals surface area contributed by atoms with Crippen LogP contribution in [0.4, 0.5) is 5.69 Å². The van der Waals surface area contributed by atoms with Crippen LogP contribution in [0.5, 0.6) is 0 Å². The Morgan fingerprint density at radius 1 is 0.909 bits per heavy atom. The molecule has 0 aliphatic carbocycles. The van der Waals surface area contributed by atoms with Crippen LogP contribution < -0.4 is 5.32 Å². The van der Waals surface area contributed by atoms with Crippen molar-refractivity contribution in [2.75, 3.05) is 5.32 Å². The zero-order chi connectivity index (χ0) is 22.8. The number of rotatable bonds is 6. The van der Waals surface area contributed by atoms with Gasteiger partial charge in [-0.05, 0) is 54.8 Å². The van der Waals surface area contributed by atoms with Crippen LogP contribution in [0.3, 0.4) is 0 Å². The molecule has 4 nitrogen and oxygen atoms in total. The number of hydrogen-bond acceptors (Lipinski definition) is 2. The molecule has 0 saturated carbocycles. The highest BCUT2D eigenvalue weighted by molar-refractivity contribution is 6.42. The normalized spacial score (nSPS) is 11.2. The van der Waals surface area contributed by atoms with Crippen molar-refractivity contribution >= 4 is 56.6 Å². The number of aromatic amines is 1. The molecule has 0 atom stereocenters. The number of pyridine rings is 1. The fourth-order valence-corrected chi connectivity index (χ4v) is 4.40. The molecule has 2 N–H and O–H groups in total. The molecule has 2 aromatic heterocycles. The smallest absolute Gasteiger partial charge is 0.224 e. The maximum atomic E-state index is 12.5. The lowest BCUT2D eigenvalue weighted by Gasteiger charge is -2.08. The zero-order valence-corrected chi connectivity index (χ0v) is 19.3. The number of halogens is 2. The minimum atomic E-state index is -0.0568. The van der Waals surface area contributed by atoms with Crippen molar-refractivity contribution in [3.63, 3.8) is 0 Å². The van der Waals surface area contributed by atoms with E-state index >= 15 is 0 Å². The Morgan fingerprint density at radius 3 is 2.61 bits per heavy atom. The second-order valence-corrected chi connectivity index (χ2v) is 8.76. The van der Waals surface area contributed by atoms with E-state index in [0.29, 0.717) is 28.6 Å². The summed E-state index contributed by atoms with van der Waals surface area (Å²) in [7, 11) is 0. The quantitative estimate of drug-likeness (QED) is 0.266. The van der Waals surface area contributed by atoms with Gasteiger partial charge in [0, 0.05) is 28.4 Å². The highest BCUT2D eigenvalue weighted by Crippen LogP contribution is 2.32. The molecule has 0 radical (unpaired) electrons. The Bertz CT molecular complexity index is 1480. The second-order valence-electron chi connectivity index (χ2n) is 7.94. The van der Waals surface area contributed by atoms with E-state index in [1.54, 1.807) is 18.2 Å². The molecule has 0 saturated heterocycles. The van der Waals surface area contributed by atoms with Gasteiger partial charge in [0.15, 0.2) is 0 Å². The van der Waals surface area contributed by atoms with Crippen molar-refractivity contribution in [2.24, 2.45) is 0 Å². The van der Waals surface area contributed by atoms with Gasteiger partial charge in [0.1, 0.15) is 0 Å². The van der Waals surface area contributed by atoms with Crippen LogP contribution in [0.2, 0.25) is 10.0 Å². The van der Waals surface area contributed by atoms with E-state index in [2.05, 4.69) is 34.6 Å². The first-order valence-corrected chi connectivity index (χ1v) is 11.5. The molecule has 0 aliphatic rings. The van der Waals surface area contributed by atoms with E-state index in [4.69, 9.17) is 28.2 Å². The third-order valence-electron chi connectivity index (χ3n) is 5.70. The number of amides is 1. The van der Waals surface area contributed by atoms with Crippen molar-refractivity contribution in [1.82, 2.24) is 9.97 Å². The van der Waals surface area contributed by atoms with Gasteiger partial charge in [0.25, 0.3) is 0 Å². The van der Waals surface area contributed by atoms with Crippen molar-refractivity contribution in [3.8, 4) is 11.4 Å². The summed E-state index contributed by atoms with van der Waals surface area (Å²) in [5, 5.41) is 6.04. The standard InChI is InChI=1S/C27H21Cl2N3O/c28-21-14-13-18(16-22(21)29)30-26(33)11-5-8-20-19-7-2-4-10-24(19)32-27(20)25-15-12-17-6-1-3-9-23(17)31-25/h1-4,6-7,9-10,12-16,32H,5,8,11H2,(H,30,33). The highest BCUT2D eigenvalue weighted by atomic mass is 35.5. The van der Waals surface area contributed by atoms with Gasteiger partial charge in [-0.3, -0.25) is 4.79 Å². The predicted molar refractivity (Wildman–Crippen MR) is 137 cm³/mol. The second kappa shape index (κ2) is 9.26. The number of aromatic nitrogens is 2. The molecule has 0 spiro atoms. The van der Waals surface area contributed by atoms with Crippen LogP contribution in [-0.4, -0.2) is 15.9 Å². The highest BCUT2D eigenvalue weighted by Gasteiger charge is 2.15. The molecule has 0 unspecified atom stereocenters. The number of H-pyrrole nitrogens is 1. The first-order chi connectivity index (χ1) is 16.1.